The molecule has 2 saturated heterocycles. The van der Waals surface area contributed by atoms with Gasteiger partial charge in [0, 0.05) is 0 Å². The summed E-state index contributed by atoms with van der Waals surface area (Å²) < 4.78 is -1.11. The summed E-state index contributed by atoms with van der Waals surface area (Å²) in [7, 11) is 0. The molecular formula is C13H16O3S. The average molecular weight is 252 g/mol. The summed E-state index contributed by atoms with van der Waals surface area (Å²) in [6, 6.07) is 0. The van der Waals surface area contributed by atoms with E-state index < -0.39 is 20.3 Å². The van der Waals surface area contributed by atoms with Crippen LogP contribution in [0, 0.1) is 10.8 Å². The number of hydrogen-bond donors (Lipinski definition) is 0. The van der Waals surface area contributed by atoms with Gasteiger partial charge < -0.3 is 0 Å². The monoisotopic (exact) mass is 252 g/mol. The maximum atomic E-state index is 12.5. The third-order valence-electron chi connectivity index (χ3n) is 4.80. The van der Waals surface area contributed by atoms with Gasteiger partial charge in [0.1, 0.15) is 0 Å². The van der Waals surface area contributed by atoms with Gasteiger partial charge in [0.25, 0.3) is 0 Å². The molecule has 4 aliphatic rings. The quantitative estimate of drug-likeness (QED) is 0.617. The Balaban J connectivity index is 2.31. The topological polar surface area (TPSA) is 51.2 Å². The number of rotatable bonds is 0. The lowest BCUT2D eigenvalue weighted by atomic mass is 9.48. The Morgan fingerprint density at radius 1 is 0.765 bits per heavy atom. The van der Waals surface area contributed by atoms with Crippen LogP contribution in [-0.4, -0.2) is 26.8 Å². The van der Waals surface area contributed by atoms with Gasteiger partial charge in [0.15, 0.2) is 17.3 Å². The van der Waals surface area contributed by atoms with Crippen molar-refractivity contribution in [2.24, 2.45) is 10.8 Å². The van der Waals surface area contributed by atoms with E-state index in [1.807, 2.05) is 13.8 Å². The third kappa shape index (κ3) is 0.963. The fourth-order valence-electron chi connectivity index (χ4n) is 4.48. The van der Waals surface area contributed by atoms with E-state index in [-0.39, 0.29) is 17.3 Å². The molecule has 2 saturated carbocycles. The lowest BCUT2D eigenvalue weighted by Crippen LogP contribution is -2.75. The van der Waals surface area contributed by atoms with Crippen LogP contribution < -0.4 is 0 Å². The molecule has 0 unspecified atom stereocenters. The van der Waals surface area contributed by atoms with E-state index in [2.05, 4.69) is 0 Å². The SMILES string of the molecule is C[C@@]12C[C@]3(C)S[C@@](C)(C[C@](C)(C1=O)C3=O)C2=O. The molecule has 0 amide bonds. The molecule has 4 atom stereocenters. The minimum absolute atomic E-state index is 0.0300. The van der Waals surface area contributed by atoms with Crippen molar-refractivity contribution in [1.82, 2.24) is 0 Å². The van der Waals surface area contributed by atoms with E-state index in [1.54, 1.807) is 13.8 Å². The standard InChI is InChI=1S/C13H16O3S/c1-10-5-12(3)9(16)11(2,7(10)14)6-13(4,17-12)8(10)15/h5-6H2,1-4H3/t10-,11-,12+,13+/m1/s1. The Bertz CT molecular complexity index is 457. The van der Waals surface area contributed by atoms with Crippen LogP contribution in [0.2, 0.25) is 0 Å². The van der Waals surface area contributed by atoms with Crippen molar-refractivity contribution in [3.63, 3.8) is 0 Å². The van der Waals surface area contributed by atoms with Crippen LogP contribution in [0.15, 0.2) is 0 Å². The summed E-state index contributed by atoms with van der Waals surface area (Å²) in [6.45, 7) is 7.26. The molecule has 0 radical (unpaired) electrons. The molecule has 3 nitrogen and oxygen atoms in total. The highest BCUT2D eigenvalue weighted by Gasteiger charge is 2.76. The fourth-order valence-corrected chi connectivity index (χ4v) is 6.83. The van der Waals surface area contributed by atoms with E-state index in [0.29, 0.717) is 12.8 Å². The first kappa shape index (κ1) is 11.5. The average Bonchev–Trinajstić information content (AvgIpc) is 2.20. The molecule has 0 N–H and O–H groups in total. The summed E-state index contributed by atoms with van der Waals surface area (Å²) in [5, 5.41) is 0. The van der Waals surface area contributed by atoms with Crippen molar-refractivity contribution in [3.05, 3.63) is 0 Å². The van der Waals surface area contributed by atoms with Gasteiger partial charge in [-0.05, 0) is 40.5 Å². The van der Waals surface area contributed by atoms with Gasteiger partial charge in [0.2, 0.25) is 0 Å². The van der Waals surface area contributed by atoms with E-state index in [9.17, 15) is 14.4 Å². The zero-order chi connectivity index (χ0) is 12.9. The highest BCUT2D eigenvalue weighted by atomic mass is 32.2. The molecule has 2 aliphatic heterocycles. The van der Waals surface area contributed by atoms with Gasteiger partial charge >= 0.3 is 0 Å². The summed E-state index contributed by atoms with van der Waals surface area (Å²) in [5.74, 6) is -0.0832. The maximum Gasteiger partial charge on any atom is 0.161 e. The molecule has 0 aromatic rings. The van der Waals surface area contributed by atoms with Gasteiger partial charge in [-0.1, -0.05) is 0 Å². The Hall–Kier alpha value is -0.640. The van der Waals surface area contributed by atoms with Crippen molar-refractivity contribution in [1.29, 1.82) is 0 Å². The summed E-state index contributed by atoms with van der Waals surface area (Å²) in [5.41, 5.74) is -1.87. The highest BCUT2D eigenvalue weighted by Crippen LogP contribution is 2.68. The van der Waals surface area contributed by atoms with Gasteiger partial charge in [-0.25, -0.2) is 0 Å². The number of thioether (sulfide) groups is 1. The fraction of sp³-hybridized carbons (Fsp3) is 0.769. The lowest BCUT2D eigenvalue weighted by molar-refractivity contribution is -0.166. The van der Waals surface area contributed by atoms with Crippen molar-refractivity contribution in [2.75, 3.05) is 0 Å². The largest absolute Gasteiger partial charge is 0.297 e. The minimum atomic E-state index is -0.935. The first-order valence-electron chi connectivity index (χ1n) is 5.93. The van der Waals surface area contributed by atoms with E-state index in [0.717, 1.165) is 0 Å². The van der Waals surface area contributed by atoms with Crippen LogP contribution in [-0.2, 0) is 14.4 Å². The smallest absolute Gasteiger partial charge is 0.161 e. The Morgan fingerprint density at radius 2 is 1.12 bits per heavy atom. The first-order chi connectivity index (χ1) is 7.59. The molecular weight excluding hydrogens is 236 g/mol. The molecule has 92 valence electrons. The summed E-state index contributed by atoms with van der Waals surface area (Å²) in [6.07, 6.45) is 0.763. The third-order valence-corrected chi connectivity index (χ3v) is 6.36. The predicted molar refractivity (Wildman–Crippen MR) is 64.9 cm³/mol. The van der Waals surface area contributed by atoms with Gasteiger partial charge in [0.05, 0.1) is 20.3 Å². The van der Waals surface area contributed by atoms with Gasteiger partial charge in [-0.15, -0.1) is 11.8 Å². The number of carbonyl (C=O) groups excluding carboxylic acids is 3. The number of carbonyl (C=O) groups is 3. The zero-order valence-electron chi connectivity index (χ0n) is 10.5. The van der Waals surface area contributed by atoms with Crippen LogP contribution in [0.5, 0.6) is 0 Å². The number of Topliss-reactive ketones (excluding diaryl/α,β-unsaturated/α-hetero) is 3. The molecule has 4 heteroatoms. The maximum absolute atomic E-state index is 12.5. The minimum Gasteiger partial charge on any atom is -0.297 e. The van der Waals surface area contributed by atoms with E-state index in [1.165, 1.54) is 11.8 Å². The van der Waals surface area contributed by atoms with Crippen LogP contribution >= 0.6 is 11.8 Å². The molecule has 17 heavy (non-hydrogen) atoms. The second-order valence-electron chi connectivity index (χ2n) is 6.57. The predicted octanol–water partition coefficient (Wildman–Crippen LogP) is 1.78. The van der Waals surface area contributed by atoms with Crippen molar-refractivity contribution in [2.45, 2.75) is 50.0 Å². The van der Waals surface area contributed by atoms with Crippen molar-refractivity contribution < 1.29 is 14.4 Å². The van der Waals surface area contributed by atoms with Crippen LogP contribution in [0.1, 0.15) is 40.5 Å². The van der Waals surface area contributed by atoms with Crippen LogP contribution in [0.3, 0.4) is 0 Å². The zero-order valence-corrected chi connectivity index (χ0v) is 11.4. The molecule has 0 aromatic heterocycles. The molecule has 2 aliphatic carbocycles. The molecule has 4 bridgehead atoms. The highest BCUT2D eigenvalue weighted by molar-refractivity contribution is 8.03. The second kappa shape index (κ2) is 2.53. The number of hydrogen-bond acceptors (Lipinski definition) is 4. The summed E-state index contributed by atoms with van der Waals surface area (Å²) >= 11 is 1.48. The Labute approximate surface area is 105 Å². The van der Waals surface area contributed by atoms with Gasteiger partial charge in [-0.3, -0.25) is 14.4 Å². The molecule has 4 fully saturated rings. The molecule has 2 heterocycles. The van der Waals surface area contributed by atoms with Gasteiger partial charge in [-0.2, -0.15) is 0 Å². The normalized spacial score (nSPS) is 56.8. The first-order valence-corrected chi connectivity index (χ1v) is 6.75. The van der Waals surface area contributed by atoms with Crippen molar-refractivity contribution in [3.8, 4) is 0 Å². The van der Waals surface area contributed by atoms with E-state index >= 15 is 0 Å². The lowest BCUT2D eigenvalue weighted by Gasteiger charge is -2.63. The molecule has 4 rings (SSSR count). The Kier molecular flexibility index (Phi) is 1.71. The molecule has 0 spiro atoms. The Morgan fingerprint density at radius 3 is 1.47 bits per heavy atom. The van der Waals surface area contributed by atoms with E-state index in [4.69, 9.17) is 0 Å². The van der Waals surface area contributed by atoms with Crippen LogP contribution in [0.4, 0.5) is 0 Å². The second-order valence-corrected chi connectivity index (χ2v) is 8.58. The molecule has 0 aromatic carbocycles. The van der Waals surface area contributed by atoms with Crippen LogP contribution in [0.25, 0.3) is 0 Å². The summed E-state index contributed by atoms with van der Waals surface area (Å²) in [4.78, 5) is 37.4. The number of ketones is 3. The van der Waals surface area contributed by atoms with Crippen molar-refractivity contribution >= 4 is 29.1 Å².